The van der Waals surface area contributed by atoms with Crippen molar-refractivity contribution < 1.29 is 33.4 Å². The molecule has 0 radical (unpaired) electrons. The highest BCUT2D eigenvalue weighted by Crippen LogP contribution is 2.44. The van der Waals surface area contributed by atoms with Crippen molar-refractivity contribution in [2.45, 2.75) is 12.0 Å². The first-order valence-corrected chi connectivity index (χ1v) is 10.8. The summed E-state index contributed by atoms with van der Waals surface area (Å²) in [4.78, 5) is 36.7. The van der Waals surface area contributed by atoms with Gasteiger partial charge in [-0.3, -0.25) is 4.79 Å². The van der Waals surface area contributed by atoms with Crippen LogP contribution in [-0.4, -0.2) is 49.4 Å². The second kappa shape index (κ2) is 10.4. The Morgan fingerprint density at radius 2 is 1.60 bits per heavy atom. The van der Waals surface area contributed by atoms with E-state index in [0.717, 1.165) is 28.3 Å². The minimum absolute atomic E-state index is 0.0498. The molecule has 180 valence electrons. The number of methoxy groups -OCH3 is 1. The van der Waals surface area contributed by atoms with E-state index in [9.17, 15) is 23.9 Å². The minimum Gasteiger partial charge on any atom is -0.478 e. The number of rotatable bonds is 8. The van der Waals surface area contributed by atoms with Gasteiger partial charge in [-0.2, -0.15) is 0 Å². The zero-order valence-corrected chi connectivity index (χ0v) is 18.8. The van der Waals surface area contributed by atoms with Gasteiger partial charge in [0.05, 0.1) is 12.3 Å². The molecule has 0 spiro atoms. The summed E-state index contributed by atoms with van der Waals surface area (Å²) < 4.78 is 24.4. The van der Waals surface area contributed by atoms with E-state index >= 15 is 0 Å². The Morgan fingerprint density at radius 1 is 0.971 bits per heavy atom. The molecule has 4 rings (SSSR count). The Bertz CT molecular complexity index is 1230. The summed E-state index contributed by atoms with van der Waals surface area (Å²) in [5.41, 5.74) is 3.33. The molecule has 9 heteroatoms. The molecule has 1 aliphatic rings. The lowest BCUT2D eigenvalue weighted by atomic mass is 9.98. The molecule has 0 aliphatic heterocycles. The van der Waals surface area contributed by atoms with E-state index in [2.05, 4.69) is 10.6 Å². The monoisotopic (exact) mass is 478 g/mol. The molecular weight excluding hydrogens is 455 g/mol. The minimum atomic E-state index is -1.54. The maximum atomic E-state index is 13.9. The largest absolute Gasteiger partial charge is 0.478 e. The molecule has 1 atom stereocenters. The molecule has 3 N–H and O–H groups in total. The number of halogens is 1. The number of carboxylic acid groups (broad SMARTS) is 1. The van der Waals surface area contributed by atoms with Gasteiger partial charge in [0.15, 0.2) is 0 Å². The maximum Gasteiger partial charge on any atom is 0.407 e. The van der Waals surface area contributed by atoms with Crippen LogP contribution in [-0.2, 0) is 14.3 Å². The lowest BCUT2D eigenvalue weighted by molar-refractivity contribution is -0.119. The van der Waals surface area contributed by atoms with Crippen molar-refractivity contribution in [3.8, 4) is 11.1 Å². The number of carbonyl (C=O) groups is 3. The fourth-order valence-electron chi connectivity index (χ4n) is 4.20. The van der Waals surface area contributed by atoms with Crippen molar-refractivity contribution in [1.82, 2.24) is 5.32 Å². The van der Waals surface area contributed by atoms with Gasteiger partial charge < -0.3 is 25.2 Å². The van der Waals surface area contributed by atoms with Gasteiger partial charge in [-0.05, 0) is 34.4 Å². The van der Waals surface area contributed by atoms with E-state index in [4.69, 9.17) is 9.47 Å². The highest BCUT2D eigenvalue weighted by molar-refractivity contribution is 6.03. The summed E-state index contributed by atoms with van der Waals surface area (Å²) in [6.07, 6.45) is -0.846. The molecule has 0 aromatic heterocycles. The van der Waals surface area contributed by atoms with Gasteiger partial charge >= 0.3 is 12.1 Å². The van der Waals surface area contributed by atoms with Crippen LogP contribution in [0.3, 0.4) is 0 Å². The zero-order chi connectivity index (χ0) is 24.9. The Balaban J connectivity index is 1.43. The molecule has 35 heavy (non-hydrogen) atoms. The molecule has 3 aromatic carbocycles. The van der Waals surface area contributed by atoms with Crippen LogP contribution in [0.25, 0.3) is 11.1 Å². The number of hydrogen-bond donors (Lipinski definition) is 3. The topological polar surface area (TPSA) is 114 Å². The maximum absolute atomic E-state index is 13.9. The third kappa shape index (κ3) is 4.99. The third-order valence-corrected chi connectivity index (χ3v) is 5.77. The number of carbonyl (C=O) groups excluding carboxylic acids is 2. The number of amides is 2. The average molecular weight is 478 g/mol. The van der Waals surface area contributed by atoms with E-state index in [1.54, 1.807) is 0 Å². The van der Waals surface area contributed by atoms with Crippen molar-refractivity contribution in [2.24, 2.45) is 0 Å². The Morgan fingerprint density at radius 3 is 2.20 bits per heavy atom. The fourth-order valence-corrected chi connectivity index (χ4v) is 4.20. The summed E-state index contributed by atoms with van der Waals surface area (Å²) in [6, 6.07) is 18.0. The number of nitrogens with one attached hydrogen (secondary N) is 2. The second-order valence-electron chi connectivity index (χ2n) is 7.93. The van der Waals surface area contributed by atoms with E-state index in [1.807, 2.05) is 48.5 Å². The molecule has 0 saturated carbocycles. The number of ether oxygens (including phenoxy) is 2. The van der Waals surface area contributed by atoms with Gasteiger partial charge in [0, 0.05) is 13.0 Å². The van der Waals surface area contributed by atoms with Crippen molar-refractivity contribution in [1.29, 1.82) is 0 Å². The first kappa shape index (κ1) is 23.9. The van der Waals surface area contributed by atoms with Crippen LogP contribution in [0.5, 0.6) is 0 Å². The Labute approximate surface area is 200 Å². The quantitative estimate of drug-likeness (QED) is 0.451. The van der Waals surface area contributed by atoms with Crippen molar-refractivity contribution in [3.63, 3.8) is 0 Å². The predicted octanol–water partition coefficient (Wildman–Crippen LogP) is 4.02. The van der Waals surface area contributed by atoms with E-state index in [0.29, 0.717) is 0 Å². The molecule has 0 bridgehead atoms. The number of carboxylic acids is 1. The lowest BCUT2D eigenvalue weighted by Gasteiger charge is -2.19. The van der Waals surface area contributed by atoms with Gasteiger partial charge in [-0.15, -0.1) is 0 Å². The average Bonchev–Trinajstić information content (AvgIpc) is 3.16. The number of anilines is 1. The highest BCUT2D eigenvalue weighted by Gasteiger charge is 2.30. The van der Waals surface area contributed by atoms with Crippen molar-refractivity contribution in [3.05, 3.63) is 89.2 Å². The highest BCUT2D eigenvalue weighted by atomic mass is 19.1. The van der Waals surface area contributed by atoms with Crippen LogP contribution in [0.2, 0.25) is 0 Å². The van der Waals surface area contributed by atoms with Crippen LogP contribution in [0.15, 0.2) is 66.7 Å². The van der Waals surface area contributed by atoms with Crippen molar-refractivity contribution in [2.75, 3.05) is 25.6 Å². The number of benzene rings is 3. The van der Waals surface area contributed by atoms with E-state index in [-0.39, 0.29) is 24.8 Å². The second-order valence-corrected chi connectivity index (χ2v) is 7.93. The summed E-state index contributed by atoms with van der Waals surface area (Å²) in [7, 11) is 1.34. The molecular formula is C26H23FN2O6. The smallest absolute Gasteiger partial charge is 0.407 e. The van der Waals surface area contributed by atoms with Crippen LogP contribution in [0.4, 0.5) is 14.9 Å². The fraction of sp³-hybridized carbons (Fsp3) is 0.192. The molecule has 1 aliphatic carbocycles. The number of aromatic carboxylic acids is 1. The molecule has 8 nitrogen and oxygen atoms in total. The van der Waals surface area contributed by atoms with Gasteiger partial charge in [0.2, 0.25) is 5.91 Å². The van der Waals surface area contributed by atoms with E-state index < -0.39 is 35.4 Å². The lowest BCUT2D eigenvalue weighted by Crippen LogP contribution is -2.47. The SMILES string of the molecule is COCC(NC(=O)OCC1c2ccccc2-c2ccccc21)C(=O)Nc1cccc(F)c1C(=O)O. The number of hydrogen-bond acceptors (Lipinski definition) is 5. The first-order chi connectivity index (χ1) is 16.9. The summed E-state index contributed by atoms with van der Waals surface area (Å²) in [6.45, 7) is -0.165. The summed E-state index contributed by atoms with van der Waals surface area (Å²) >= 11 is 0. The van der Waals surface area contributed by atoms with Crippen LogP contribution < -0.4 is 10.6 Å². The Hall–Kier alpha value is -4.24. The van der Waals surface area contributed by atoms with E-state index in [1.165, 1.54) is 19.2 Å². The van der Waals surface area contributed by atoms with Gasteiger partial charge in [-0.1, -0.05) is 54.6 Å². The molecule has 0 fully saturated rings. The standard InChI is InChI=1S/C26H23FN2O6/c1-34-14-22(24(30)28-21-12-6-11-20(27)23(21)25(31)32)29-26(33)35-13-19-17-9-4-2-7-15(17)16-8-3-5-10-18(16)19/h2-12,19,22H,13-14H2,1H3,(H,28,30)(H,29,33)(H,31,32). The number of fused-ring (bicyclic) bond motifs is 3. The van der Waals surface area contributed by atoms with Crippen LogP contribution in [0, 0.1) is 5.82 Å². The molecule has 1 unspecified atom stereocenters. The summed E-state index contributed by atoms with van der Waals surface area (Å²) in [5.74, 6) is -3.48. The van der Waals surface area contributed by atoms with Gasteiger partial charge in [0.1, 0.15) is 24.0 Å². The van der Waals surface area contributed by atoms with Gasteiger partial charge in [-0.25, -0.2) is 14.0 Å². The normalized spacial score (nSPS) is 12.9. The third-order valence-electron chi connectivity index (χ3n) is 5.77. The Kier molecular flexibility index (Phi) is 7.07. The zero-order valence-electron chi connectivity index (χ0n) is 18.8. The van der Waals surface area contributed by atoms with Gasteiger partial charge in [0.25, 0.3) is 0 Å². The van der Waals surface area contributed by atoms with Crippen LogP contribution >= 0.6 is 0 Å². The van der Waals surface area contributed by atoms with Crippen LogP contribution in [0.1, 0.15) is 27.4 Å². The first-order valence-electron chi connectivity index (χ1n) is 10.8. The molecule has 0 saturated heterocycles. The molecule has 2 amide bonds. The predicted molar refractivity (Wildman–Crippen MR) is 126 cm³/mol. The molecule has 3 aromatic rings. The summed E-state index contributed by atoms with van der Waals surface area (Å²) in [5, 5.41) is 14.0. The van der Waals surface area contributed by atoms with Crippen molar-refractivity contribution >= 4 is 23.7 Å². The number of alkyl carbamates (subject to hydrolysis) is 1. The molecule has 0 heterocycles.